The standard InChI is InChI=1S/C13H15ClN4O2/c14-10-3-5-12(6-4-10)18(13(15)19)20-7-1-2-11-8-16-9-17-11/h3-6,8-9H,1-2,7H2,(H2,15,19)(H,16,17). The van der Waals surface area contributed by atoms with Crippen LogP contribution < -0.4 is 10.8 Å². The van der Waals surface area contributed by atoms with Crippen molar-refractivity contribution < 1.29 is 9.63 Å². The van der Waals surface area contributed by atoms with Crippen LogP contribution in [0.3, 0.4) is 0 Å². The number of anilines is 1. The second-order valence-electron chi connectivity index (χ2n) is 4.11. The molecule has 0 saturated heterocycles. The Morgan fingerprint density at radius 1 is 1.40 bits per heavy atom. The summed E-state index contributed by atoms with van der Waals surface area (Å²) in [5.74, 6) is 0. The van der Waals surface area contributed by atoms with Crippen molar-refractivity contribution in [2.45, 2.75) is 12.8 Å². The number of aromatic amines is 1. The molecule has 1 aromatic carbocycles. The van der Waals surface area contributed by atoms with E-state index in [0.29, 0.717) is 17.3 Å². The molecule has 1 aromatic heterocycles. The van der Waals surface area contributed by atoms with Crippen LogP contribution in [0.1, 0.15) is 12.1 Å². The van der Waals surface area contributed by atoms with Gasteiger partial charge in [0.05, 0.1) is 24.3 Å². The number of nitrogens with zero attached hydrogens (tertiary/aromatic N) is 2. The van der Waals surface area contributed by atoms with E-state index in [-0.39, 0.29) is 0 Å². The van der Waals surface area contributed by atoms with Crippen molar-refractivity contribution in [3.05, 3.63) is 47.5 Å². The van der Waals surface area contributed by atoms with Crippen molar-refractivity contribution in [1.82, 2.24) is 9.97 Å². The van der Waals surface area contributed by atoms with Gasteiger partial charge in [-0.15, -0.1) is 0 Å². The molecule has 0 bridgehead atoms. The van der Waals surface area contributed by atoms with Gasteiger partial charge in [0.15, 0.2) is 0 Å². The number of hydrogen-bond donors (Lipinski definition) is 2. The van der Waals surface area contributed by atoms with Crippen LogP contribution in [0.4, 0.5) is 10.5 Å². The maximum absolute atomic E-state index is 11.4. The van der Waals surface area contributed by atoms with Crippen molar-refractivity contribution in [1.29, 1.82) is 0 Å². The molecule has 0 radical (unpaired) electrons. The summed E-state index contributed by atoms with van der Waals surface area (Å²) in [7, 11) is 0. The third-order valence-corrected chi connectivity index (χ3v) is 2.87. The minimum atomic E-state index is -0.674. The van der Waals surface area contributed by atoms with Crippen LogP contribution in [0.5, 0.6) is 0 Å². The fraction of sp³-hybridized carbons (Fsp3) is 0.231. The third kappa shape index (κ3) is 3.97. The average molecular weight is 295 g/mol. The minimum Gasteiger partial charge on any atom is -0.351 e. The van der Waals surface area contributed by atoms with E-state index in [1.165, 1.54) is 0 Å². The summed E-state index contributed by atoms with van der Waals surface area (Å²) in [6, 6.07) is 5.99. The number of rotatable bonds is 6. The molecule has 0 saturated carbocycles. The molecule has 3 N–H and O–H groups in total. The van der Waals surface area contributed by atoms with Crippen molar-refractivity contribution >= 4 is 23.3 Å². The molecule has 0 aliphatic rings. The number of nitrogens with one attached hydrogen (secondary N) is 1. The Bertz CT molecular complexity index is 542. The molecule has 0 aliphatic carbocycles. The summed E-state index contributed by atoms with van der Waals surface area (Å²) >= 11 is 5.79. The maximum Gasteiger partial charge on any atom is 0.343 e. The molecule has 0 atom stereocenters. The second kappa shape index (κ2) is 6.93. The van der Waals surface area contributed by atoms with E-state index in [4.69, 9.17) is 22.2 Å². The summed E-state index contributed by atoms with van der Waals surface area (Å²) in [5.41, 5.74) is 6.79. The van der Waals surface area contributed by atoms with Gasteiger partial charge >= 0.3 is 6.03 Å². The van der Waals surface area contributed by atoms with Crippen LogP contribution in [-0.4, -0.2) is 22.6 Å². The number of carbonyl (C=O) groups is 1. The number of aryl methyl sites for hydroxylation is 1. The first kappa shape index (κ1) is 14.4. The molecule has 0 fully saturated rings. The average Bonchev–Trinajstić information content (AvgIpc) is 2.93. The van der Waals surface area contributed by atoms with Gasteiger partial charge in [-0.05, 0) is 37.1 Å². The van der Waals surface area contributed by atoms with Crippen LogP contribution in [0.15, 0.2) is 36.8 Å². The predicted octanol–water partition coefficient (Wildman–Crippen LogP) is 2.51. The van der Waals surface area contributed by atoms with Gasteiger partial charge in [-0.3, -0.25) is 4.84 Å². The van der Waals surface area contributed by atoms with Crippen LogP contribution in [0.2, 0.25) is 5.02 Å². The highest BCUT2D eigenvalue weighted by Crippen LogP contribution is 2.18. The number of amides is 2. The third-order valence-electron chi connectivity index (χ3n) is 2.61. The highest BCUT2D eigenvalue weighted by atomic mass is 35.5. The molecule has 7 heteroatoms. The van der Waals surface area contributed by atoms with E-state index < -0.39 is 6.03 Å². The number of hydroxylamine groups is 1. The first-order valence-electron chi connectivity index (χ1n) is 6.12. The number of imidazole rings is 1. The molecule has 0 unspecified atom stereocenters. The Morgan fingerprint density at radius 3 is 2.75 bits per heavy atom. The number of urea groups is 1. The molecule has 2 aromatic rings. The lowest BCUT2D eigenvalue weighted by molar-refractivity contribution is 0.118. The fourth-order valence-corrected chi connectivity index (χ4v) is 1.80. The zero-order valence-corrected chi connectivity index (χ0v) is 11.5. The number of benzene rings is 1. The molecule has 106 valence electrons. The van der Waals surface area contributed by atoms with Gasteiger partial charge in [0.1, 0.15) is 0 Å². The highest BCUT2D eigenvalue weighted by Gasteiger charge is 2.13. The Balaban J connectivity index is 1.86. The smallest absolute Gasteiger partial charge is 0.343 e. The summed E-state index contributed by atoms with van der Waals surface area (Å²) < 4.78 is 0. The molecule has 6 nitrogen and oxygen atoms in total. The van der Waals surface area contributed by atoms with E-state index in [0.717, 1.165) is 23.6 Å². The quantitative estimate of drug-likeness (QED) is 0.634. The normalized spacial score (nSPS) is 10.4. The molecule has 0 spiro atoms. The topological polar surface area (TPSA) is 84.2 Å². The second-order valence-corrected chi connectivity index (χ2v) is 4.54. The molecule has 0 aliphatic heterocycles. The summed E-state index contributed by atoms with van der Waals surface area (Å²) in [5, 5.41) is 1.64. The fourth-order valence-electron chi connectivity index (χ4n) is 1.68. The van der Waals surface area contributed by atoms with Gasteiger partial charge in [-0.2, -0.15) is 5.06 Å². The number of H-pyrrole nitrogens is 1. The van der Waals surface area contributed by atoms with Gasteiger partial charge in [0, 0.05) is 11.2 Å². The lowest BCUT2D eigenvalue weighted by atomic mass is 10.3. The summed E-state index contributed by atoms with van der Waals surface area (Å²) in [6.45, 7) is 0.360. The van der Waals surface area contributed by atoms with Gasteiger partial charge in [0.2, 0.25) is 0 Å². The summed E-state index contributed by atoms with van der Waals surface area (Å²) in [4.78, 5) is 23.8. The van der Waals surface area contributed by atoms with Crippen LogP contribution in [0.25, 0.3) is 0 Å². The number of hydrogen-bond acceptors (Lipinski definition) is 3. The van der Waals surface area contributed by atoms with Crippen molar-refractivity contribution in [2.75, 3.05) is 11.7 Å². The molecular weight excluding hydrogens is 280 g/mol. The minimum absolute atomic E-state index is 0.360. The van der Waals surface area contributed by atoms with E-state index in [1.54, 1.807) is 30.6 Å². The SMILES string of the molecule is NC(=O)N(OCCCc1c[nH]cn1)c1ccc(Cl)cc1. The molecule has 2 amide bonds. The van der Waals surface area contributed by atoms with E-state index in [1.807, 2.05) is 6.20 Å². The van der Waals surface area contributed by atoms with Gasteiger partial charge in [-0.25, -0.2) is 9.78 Å². The Morgan fingerprint density at radius 2 is 2.15 bits per heavy atom. The first-order valence-corrected chi connectivity index (χ1v) is 6.50. The number of nitrogens with two attached hydrogens (primary N) is 1. The molecule has 2 rings (SSSR count). The van der Waals surface area contributed by atoms with Crippen LogP contribution >= 0.6 is 11.6 Å². The summed E-state index contributed by atoms with van der Waals surface area (Å²) in [6.07, 6.45) is 4.93. The zero-order valence-electron chi connectivity index (χ0n) is 10.8. The van der Waals surface area contributed by atoms with E-state index in [9.17, 15) is 4.79 Å². The van der Waals surface area contributed by atoms with Crippen molar-refractivity contribution in [2.24, 2.45) is 5.73 Å². The molecule has 20 heavy (non-hydrogen) atoms. The lowest BCUT2D eigenvalue weighted by Gasteiger charge is -2.19. The monoisotopic (exact) mass is 294 g/mol. The highest BCUT2D eigenvalue weighted by molar-refractivity contribution is 6.30. The number of primary amides is 1. The maximum atomic E-state index is 11.4. The van der Waals surface area contributed by atoms with E-state index >= 15 is 0 Å². The number of carbonyl (C=O) groups excluding carboxylic acids is 1. The first-order chi connectivity index (χ1) is 9.66. The van der Waals surface area contributed by atoms with E-state index in [2.05, 4.69) is 9.97 Å². The van der Waals surface area contributed by atoms with Crippen molar-refractivity contribution in [3.8, 4) is 0 Å². The predicted molar refractivity (Wildman–Crippen MR) is 76.4 cm³/mol. The van der Waals surface area contributed by atoms with Gasteiger partial charge in [0.25, 0.3) is 0 Å². The number of halogens is 1. The Hall–Kier alpha value is -2.05. The molecular formula is C13H15ClN4O2. The molecule has 1 heterocycles. The number of aromatic nitrogens is 2. The van der Waals surface area contributed by atoms with Gasteiger partial charge in [-0.1, -0.05) is 11.6 Å². The Kier molecular flexibility index (Phi) is 4.97. The van der Waals surface area contributed by atoms with Crippen LogP contribution in [0, 0.1) is 0 Å². The van der Waals surface area contributed by atoms with Crippen molar-refractivity contribution in [3.63, 3.8) is 0 Å². The lowest BCUT2D eigenvalue weighted by Crippen LogP contribution is -2.36. The Labute approximate surface area is 121 Å². The largest absolute Gasteiger partial charge is 0.351 e. The van der Waals surface area contributed by atoms with Crippen LogP contribution in [-0.2, 0) is 11.3 Å². The zero-order chi connectivity index (χ0) is 14.4. The van der Waals surface area contributed by atoms with Gasteiger partial charge < -0.3 is 10.7 Å².